The van der Waals surface area contributed by atoms with Crippen LogP contribution in [0.1, 0.15) is 38.7 Å². The van der Waals surface area contributed by atoms with E-state index >= 15 is 0 Å². The van der Waals surface area contributed by atoms with E-state index in [0.717, 1.165) is 31.4 Å². The Morgan fingerprint density at radius 3 is 2.44 bits per heavy atom. The van der Waals surface area contributed by atoms with Crippen LogP contribution in [-0.4, -0.2) is 46.6 Å². The van der Waals surface area contributed by atoms with Crippen LogP contribution in [0.5, 0.6) is 0 Å². The topological polar surface area (TPSA) is 69.6 Å². The van der Waals surface area contributed by atoms with Crippen molar-refractivity contribution in [3.05, 3.63) is 35.4 Å². The molecule has 1 aliphatic heterocycles. The summed E-state index contributed by atoms with van der Waals surface area (Å²) in [4.78, 5) is 25.8. The quantitative estimate of drug-likeness (QED) is 0.823. The Morgan fingerprint density at radius 1 is 1.24 bits per heavy atom. The molecule has 1 saturated heterocycles. The van der Waals surface area contributed by atoms with E-state index in [9.17, 15) is 23.5 Å². The molecule has 0 aromatic heterocycles. The summed E-state index contributed by atoms with van der Waals surface area (Å²) in [6, 6.07) is 2.56. The number of rotatable bonds is 6. The zero-order valence-electron chi connectivity index (χ0n) is 14.5. The molecule has 2 rings (SSSR count). The molecule has 1 aliphatic rings. The predicted molar refractivity (Wildman–Crippen MR) is 89.1 cm³/mol. The number of benzene rings is 1. The summed E-state index contributed by atoms with van der Waals surface area (Å²) in [5, 5.41) is 11.8. The monoisotopic (exact) mass is 354 g/mol. The third kappa shape index (κ3) is 5.22. The molecule has 0 bridgehead atoms. The van der Waals surface area contributed by atoms with E-state index in [4.69, 9.17) is 0 Å². The van der Waals surface area contributed by atoms with Gasteiger partial charge in [0.25, 0.3) is 0 Å². The lowest BCUT2D eigenvalue weighted by Gasteiger charge is -2.38. The van der Waals surface area contributed by atoms with Gasteiger partial charge < -0.3 is 10.4 Å². The molecule has 1 aromatic rings. The maximum absolute atomic E-state index is 13.3. The van der Waals surface area contributed by atoms with Crippen molar-refractivity contribution in [3.8, 4) is 0 Å². The molecule has 1 fully saturated rings. The summed E-state index contributed by atoms with van der Waals surface area (Å²) in [5.41, 5.74) is 0.311. The first-order chi connectivity index (χ1) is 11.8. The molecule has 0 radical (unpaired) electrons. The van der Waals surface area contributed by atoms with Crippen LogP contribution in [-0.2, 0) is 16.0 Å². The zero-order valence-corrected chi connectivity index (χ0v) is 14.5. The Kier molecular flexibility index (Phi) is 6.47. The zero-order chi connectivity index (χ0) is 18.6. The number of halogens is 2. The van der Waals surface area contributed by atoms with Crippen LogP contribution < -0.4 is 5.32 Å². The molecule has 2 N–H and O–H groups in total. The van der Waals surface area contributed by atoms with Crippen LogP contribution in [0, 0.1) is 11.6 Å². The van der Waals surface area contributed by atoms with Crippen LogP contribution in [0.2, 0.25) is 0 Å². The minimum Gasteiger partial charge on any atom is -0.480 e. The van der Waals surface area contributed by atoms with Crippen LogP contribution in [0.15, 0.2) is 18.2 Å². The number of likely N-dealkylation sites (tertiary alicyclic amines) is 1. The first-order valence-electron chi connectivity index (χ1n) is 8.49. The number of carbonyl (C=O) groups is 2. The van der Waals surface area contributed by atoms with Gasteiger partial charge in [0.05, 0.1) is 6.54 Å². The molecular weight excluding hydrogens is 330 g/mol. The number of hydrogen-bond acceptors (Lipinski definition) is 3. The van der Waals surface area contributed by atoms with Crippen molar-refractivity contribution in [2.45, 2.75) is 57.7 Å². The van der Waals surface area contributed by atoms with Gasteiger partial charge in [0, 0.05) is 18.5 Å². The predicted octanol–water partition coefficient (Wildman–Crippen LogP) is 2.34. The molecular formula is C18H24F2N2O3. The number of carboxylic acids is 1. The second kappa shape index (κ2) is 8.38. The van der Waals surface area contributed by atoms with Crippen LogP contribution in [0.3, 0.4) is 0 Å². The Bertz CT molecular complexity index is 629. The highest BCUT2D eigenvalue weighted by Gasteiger charge is 2.28. The average Bonchev–Trinajstić information content (AvgIpc) is 2.54. The number of nitrogens with one attached hydrogen (secondary N) is 1. The summed E-state index contributed by atoms with van der Waals surface area (Å²) in [6.07, 6.45) is 3.03. The van der Waals surface area contributed by atoms with E-state index in [-0.39, 0.29) is 31.0 Å². The van der Waals surface area contributed by atoms with E-state index in [2.05, 4.69) is 24.1 Å². The van der Waals surface area contributed by atoms with Gasteiger partial charge in [-0.2, -0.15) is 0 Å². The number of hydrogen-bond donors (Lipinski definition) is 2. The molecule has 138 valence electrons. The Hall–Kier alpha value is -2.02. The molecule has 0 spiro atoms. The maximum Gasteiger partial charge on any atom is 0.326 e. The summed E-state index contributed by atoms with van der Waals surface area (Å²) >= 11 is 0. The molecule has 1 aromatic carbocycles. The van der Waals surface area contributed by atoms with E-state index < -0.39 is 23.6 Å². The fourth-order valence-electron chi connectivity index (χ4n) is 3.29. The van der Waals surface area contributed by atoms with Crippen molar-refractivity contribution in [1.29, 1.82) is 0 Å². The van der Waals surface area contributed by atoms with Crippen molar-refractivity contribution in [2.75, 3.05) is 6.54 Å². The van der Waals surface area contributed by atoms with Crippen molar-refractivity contribution >= 4 is 11.9 Å². The van der Waals surface area contributed by atoms with Gasteiger partial charge in [-0.1, -0.05) is 12.5 Å². The summed E-state index contributed by atoms with van der Waals surface area (Å²) in [5.74, 6) is -3.62. The van der Waals surface area contributed by atoms with Gasteiger partial charge >= 0.3 is 5.97 Å². The Morgan fingerprint density at radius 2 is 1.88 bits per heavy atom. The number of carboxylic acid groups (broad SMARTS) is 1. The molecule has 7 heteroatoms. The first kappa shape index (κ1) is 19.3. The van der Waals surface area contributed by atoms with E-state index in [1.54, 1.807) is 0 Å². The minimum atomic E-state index is -1.21. The SMILES string of the molecule is C[C@@H]1CCC[C@H](C)N1CC(=O)NC(Cc1ccc(F)c(F)c1)C(=O)O. The molecule has 0 aliphatic carbocycles. The van der Waals surface area contributed by atoms with Crippen molar-refractivity contribution in [1.82, 2.24) is 10.2 Å². The molecule has 1 unspecified atom stereocenters. The molecule has 3 atom stereocenters. The van der Waals surface area contributed by atoms with Crippen molar-refractivity contribution in [2.24, 2.45) is 0 Å². The molecule has 1 heterocycles. The normalized spacial score (nSPS) is 22.4. The molecule has 5 nitrogen and oxygen atoms in total. The fraction of sp³-hybridized carbons (Fsp3) is 0.556. The van der Waals surface area contributed by atoms with Crippen LogP contribution in [0.4, 0.5) is 8.78 Å². The summed E-state index contributed by atoms with van der Waals surface area (Å²) in [7, 11) is 0. The van der Waals surface area contributed by atoms with E-state index in [1.807, 2.05) is 0 Å². The van der Waals surface area contributed by atoms with Gasteiger partial charge in [-0.15, -0.1) is 0 Å². The number of amides is 1. The number of nitrogens with zero attached hydrogens (tertiary/aromatic N) is 1. The van der Waals surface area contributed by atoms with Gasteiger partial charge in [0.2, 0.25) is 5.91 Å². The smallest absolute Gasteiger partial charge is 0.326 e. The first-order valence-corrected chi connectivity index (χ1v) is 8.49. The molecule has 1 amide bonds. The Balaban J connectivity index is 1.99. The van der Waals surface area contributed by atoms with Crippen LogP contribution in [0.25, 0.3) is 0 Å². The molecule has 0 saturated carbocycles. The Labute approximate surface area is 146 Å². The largest absolute Gasteiger partial charge is 0.480 e. The lowest BCUT2D eigenvalue weighted by atomic mass is 9.97. The summed E-state index contributed by atoms with van der Waals surface area (Å²) in [6.45, 7) is 4.24. The minimum absolute atomic E-state index is 0.108. The fourth-order valence-corrected chi connectivity index (χ4v) is 3.29. The van der Waals surface area contributed by atoms with Crippen molar-refractivity contribution in [3.63, 3.8) is 0 Å². The van der Waals surface area contributed by atoms with Crippen molar-refractivity contribution < 1.29 is 23.5 Å². The van der Waals surface area contributed by atoms with E-state index in [0.29, 0.717) is 5.56 Å². The van der Waals surface area contributed by atoms with Gasteiger partial charge in [0.15, 0.2) is 11.6 Å². The molecule has 25 heavy (non-hydrogen) atoms. The lowest BCUT2D eigenvalue weighted by Crippen LogP contribution is -2.51. The van der Waals surface area contributed by atoms with Gasteiger partial charge in [-0.05, 0) is 44.4 Å². The van der Waals surface area contributed by atoms with Gasteiger partial charge in [-0.25, -0.2) is 13.6 Å². The third-order valence-electron chi connectivity index (χ3n) is 4.76. The third-order valence-corrected chi connectivity index (χ3v) is 4.76. The standard InChI is InChI=1S/C18H24F2N2O3/c1-11-4-3-5-12(2)22(11)10-17(23)21-16(18(24)25)9-13-6-7-14(19)15(20)8-13/h6-8,11-12,16H,3-5,9-10H2,1-2H3,(H,21,23)(H,24,25)/t11-,12+,16?. The number of carbonyl (C=O) groups excluding carboxylic acids is 1. The lowest BCUT2D eigenvalue weighted by molar-refractivity contribution is -0.142. The van der Waals surface area contributed by atoms with Gasteiger partial charge in [-0.3, -0.25) is 9.69 Å². The average molecular weight is 354 g/mol. The van der Waals surface area contributed by atoms with Gasteiger partial charge in [0.1, 0.15) is 6.04 Å². The number of piperidine rings is 1. The highest BCUT2D eigenvalue weighted by atomic mass is 19.2. The van der Waals surface area contributed by atoms with Crippen LogP contribution >= 0.6 is 0 Å². The van der Waals surface area contributed by atoms with E-state index in [1.165, 1.54) is 6.07 Å². The maximum atomic E-state index is 13.3. The second-order valence-electron chi connectivity index (χ2n) is 6.71. The highest BCUT2D eigenvalue weighted by Crippen LogP contribution is 2.21. The highest BCUT2D eigenvalue weighted by molar-refractivity contribution is 5.84. The number of aliphatic carboxylic acids is 1. The second-order valence-corrected chi connectivity index (χ2v) is 6.71. The summed E-state index contributed by atoms with van der Waals surface area (Å²) < 4.78 is 26.2.